The average molecular weight is 355 g/mol. The quantitative estimate of drug-likeness (QED) is 0.827. The molecule has 8 nitrogen and oxygen atoms in total. The number of amides is 1. The van der Waals surface area contributed by atoms with Gasteiger partial charge in [-0.1, -0.05) is 0 Å². The smallest absolute Gasteiger partial charge is 0.306 e. The first kappa shape index (κ1) is 17.0. The summed E-state index contributed by atoms with van der Waals surface area (Å²) >= 11 is 0. The Kier molecular flexibility index (Phi) is 4.64. The van der Waals surface area contributed by atoms with Crippen LogP contribution in [0.3, 0.4) is 0 Å². The van der Waals surface area contributed by atoms with E-state index in [0.29, 0.717) is 25.9 Å². The number of hydrogen-bond donors (Lipinski definition) is 2. The van der Waals surface area contributed by atoms with Gasteiger partial charge in [-0.25, -0.2) is 8.42 Å². The maximum absolute atomic E-state index is 12.7. The second-order valence-corrected chi connectivity index (χ2v) is 8.20. The number of carboxylic acid groups (broad SMARTS) is 1. The predicted octanol–water partition coefficient (Wildman–Crippen LogP) is 0.736. The van der Waals surface area contributed by atoms with Gasteiger partial charge in [0, 0.05) is 32.4 Å². The number of carbonyl (C=O) groups is 2. The highest BCUT2D eigenvalue weighted by Crippen LogP contribution is 2.25. The van der Waals surface area contributed by atoms with Gasteiger partial charge in [0.15, 0.2) is 0 Å². The Balaban J connectivity index is 1.72. The molecule has 1 aromatic heterocycles. The van der Waals surface area contributed by atoms with Crippen molar-refractivity contribution in [3.05, 3.63) is 18.0 Å². The van der Waals surface area contributed by atoms with Crippen molar-refractivity contribution in [1.82, 2.24) is 14.2 Å². The SMILES string of the molecule is O=C(O)C1CCN(S(=O)(=O)c2c[nH]c(C(=O)N3CCCC3)c2)CC1. The number of sulfonamides is 1. The monoisotopic (exact) mass is 355 g/mol. The third-order valence-electron chi connectivity index (χ3n) is 4.72. The van der Waals surface area contributed by atoms with Crippen LogP contribution in [0.25, 0.3) is 0 Å². The summed E-state index contributed by atoms with van der Waals surface area (Å²) in [5, 5.41) is 9.00. The number of carbonyl (C=O) groups excluding carboxylic acids is 1. The molecule has 9 heteroatoms. The van der Waals surface area contributed by atoms with Gasteiger partial charge >= 0.3 is 5.97 Å². The molecular weight excluding hydrogens is 334 g/mol. The molecule has 24 heavy (non-hydrogen) atoms. The maximum Gasteiger partial charge on any atom is 0.306 e. The molecule has 0 saturated carbocycles. The Morgan fingerprint density at radius 3 is 2.33 bits per heavy atom. The molecule has 1 aromatic rings. The van der Waals surface area contributed by atoms with E-state index in [9.17, 15) is 18.0 Å². The van der Waals surface area contributed by atoms with Crippen LogP contribution in [-0.2, 0) is 14.8 Å². The summed E-state index contributed by atoms with van der Waals surface area (Å²) < 4.78 is 26.6. The van der Waals surface area contributed by atoms with E-state index >= 15 is 0 Å². The van der Waals surface area contributed by atoms with Gasteiger partial charge < -0.3 is 15.0 Å². The Hall–Kier alpha value is -1.87. The van der Waals surface area contributed by atoms with Crippen LogP contribution < -0.4 is 0 Å². The predicted molar refractivity (Wildman–Crippen MR) is 85.0 cm³/mol. The van der Waals surface area contributed by atoms with Crippen LogP contribution in [0.2, 0.25) is 0 Å². The number of H-pyrrole nitrogens is 1. The van der Waals surface area contributed by atoms with Crippen molar-refractivity contribution in [3.63, 3.8) is 0 Å². The molecule has 1 amide bonds. The van der Waals surface area contributed by atoms with Crippen LogP contribution in [0.4, 0.5) is 0 Å². The summed E-state index contributed by atoms with van der Waals surface area (Å²) in [4.78, 5) is 27.8. The average Bonchev–Trinajstić information content (AvgIpc) is 3.26. The molecule has 0 atom stereocenters. The van der Waals surface area contributed by atoms with Gasteiger partial charge in [0.05, 0.1) is 5.92 Å². The van der Waals surface area contributed by atoms with E-state index in [2.05, 4.69) is 4.98 Å². The van der Waals surface area contributed by atoms with Crippen LogP contribution in [0.5, 0.6) is 0 Å². The molecule has 0 radical (unpaired) electrons. The number of piperidine rings is 1. The third-order valence-corrected chi connectivity index (χ3v) is 6.60. The first-order valence-electron chi connectivity index (χ1n) is 8.10. The Bertz CT molecular complexity index is 728. The molecular formula is C15H21N3O5S. The third kappa shape index (κ3) is 3.18. The minimum Gasteiger partial charge on any atom is -0.481 e. The molecule has 3 rings (SSSR count). The summed E-state index contributed by atoms with van der Waals surface area (Å²) in [5.74, 6) is -1.55. The number of carboxylic acids is 1. The van der Waals surface area contributed by atoms with Crippen molar-refractivity contribution in [2.45, 2.75) is 30.6 Å². The summed E-state index contributed by atoms with van der Waals surface area (Å²) in [7, 11) is -3.71. The molecule has 3 heterocycles. The summed E-state index contributed by atoms with van der Waals surface area (Å²) in [5.41, 5.74) is 0.274. The largest absolute Gasteiger partial charge is 0.481 e. The zero-order valence-electron chi connectivity index (χ0n) is 13.3. The summed E-state index contributed by atoms with van der Waals surface area (Å²) in [6.07, 6.45) is 3.88. The van der Waals surface area contributed by atoms with Crippen molar-refractivity contribution in [3.8, 4) is 0 Å². The fraction of sp³-hybridized carbons (Fsp3) is 0.600. The number of nitrogens with one attached hydrogen (secondary N) is 1. The zero-order chi connectivity index (χ0) is 17.3. The van der Waals surface area contributed by atoms with Gasteiger partial charge in [-0.15, -0.1) is 0 Å². The first-order valence-corrected chi connectivity index (χ1v) is 9.54. The lowest BCUT2D eigenvalue weighted by molar-refractivity contribution is -0.142. The van der Waals surface area contributed by atoms with E-state index in [-0.39, 0.29) is 29.6 Å². The Morgan fingerprint density at radius 1 is 1.12 bits per heavy atom. The lowest BCUT2D eigenvalue weighted by Gasteiger charge is -2.28. The van der Waals surface area contributed by atoms with Crippen molar-refractivity contribution in [1.29, 1.82) is 0 Å². The highest BCUT2D eigenvalue weighted by atomic mass is 32.2. The summed E-state index contributed by atoms with van der Waals surface area (Å²) in [6.45, 7) is 1.76. The lowest BCUT2D eigenvalue weighted by atomic mass is 9.99. The van der Waals surface area contributed by atoms with Crippen LogP contribution in [-0.4, -0.2) is 65.8 Å². The Labute approximate surface area is 140 Å². The molecule has 0 unspecified atom stereocenters. The summed E-state index contributed by atoms with van der Waals surface area (Å²) in [6, 6.07) is 1.37. The number of aliphatic carboxylic acids is 1. The fourth-order valence-corrected chi connectivity index (χ4v) is 4.69. The van der Waals surface area contributed by atoms with E-state index in [1.54, 1.807) is 4.90 Å². The van der Waals surface area contributed by atoms with Crippen molar-refractivity contribution in [2.24, 2.45) is 5.92 Å². The minimum absolute atomic E-state index is 0.0545. The van der Waals surface area contributed by atoms with Gasteiger partial charge in [-0.3, -0.25) is 9.59 Å². The normalized spacial score (nSPS) is 20.4. The molecule has 2 saturated heterocycles. The van der Waals surface area contributed by atoms with E-state index in [1.807, 2.05) is 0 Å². The zero-order valence-corrected chi connectivity index (χ0v) is 14.1. The molecule has 2 N–H and O–H groups in total. The fourth-order valence-electron chi connectivity index (χ4n) is 3.23. The van der Waals surface area contributed by atoms with Crippen LogP contribution >= 0.6 is 0 Å². The van der Waals surface area contributed by atoms with Crippen molar-refractivity contribution in [2.75, 3.05) is 26.2 Å². The lowest BCUT2D eigenvalue weighted by Crippen LogP contribution is -2.40. The van der Waals surface area contributed by atoms with Crippen LogP contribution in [0.15, 0.2) is 17.2 Å². The molecule has 0 bridgehead atoms. The van der Waals surface area contributed by atoms with Crippen LogP contribution in [0.1, 0.15) is 36.2 Å². The van der Waals surface area contributed by atoms with Crippen molar-refractivity contribution < 1.29 is 23.1 Å². The molecule has 0 aliphatic carbocycles. The van der Waals surface area contributed by atoms with Gasteiger partial charge in [-0.05, 0) is 31.7 Å². The molecule has 2 fully saturated rings. The number of aromatic amines is 1. The standard InChI is InChI=1S/C15H21N3O5S/c19-14(17-5-1-2-6-17)13-9-12(10-16-13)24(22,23)18-7-3-11(4-8-18)15(20)21/h9-11,16H,1-8H2,(H,20,21). The topological polar surface area (TPSA) is 111 Å². The number of aromatic nitrogens is 1. The maximum atomic E-state index is 12.7. The number of rotatable bonds is 4. The van der Waals surface area contributed by atoms with Gasteiger partial charge in [0.1, 0.15) is 10.6 Å². The second kappa shape index (κ2) is 6.56. The molecule has 132 valence electrons. The minimum atomic E-state index is -3.71. The molecule has 0 spiro atoms. The van der Waals surface area contributed by atoms with E-state index in [4.69, 9.17) is 5.11 Å². The number of likely N-dealkylation sites (tertiary alicyclic amines) is 1. The molecule has 2 aliphatic rings. The van der Waals surface area contributed by atoms with E-state index in [1.165, 1.54) is 16.6 Å². The molecule has 0 aromatic carbocycles. The van der Waals surface area contributed by atoms with Crippen molar-refractivity contribution >= 4 is 21.9 Å². The highest BCUT2D eigenvalue weighted by Gasteiger charge is 2.33. The van der Waals surface area contributed by atoms with Gasteiger partial charge in [0.2, 0.25) is 10.0 Å². The van der Waals surface area contributed by atoms with E-state index in [0.717, 1.165) is 12.8 Å². The number of hydrogen-bond acceptors (Lipinski definition) is 4. The second-order valence-electron chi connectivity index (χ2n) is 6.26. The van der Waals surface area contributed by atoms with Gasteiger partial charge in [-0.2, -0.15) is 4.31 Å². The van der Waals surface area contributed by atoms with Crippen LogP contribution in [0, 0.1) is 5.92 Å². The van der Waals surface area contributed by atoms with Gasteiger partial charge in [0.25, 0.3) is 5.91 Å². The number of nitrogens with zero attached hydrogens (tertiary/aromatic N) is 2. The highest BCUT2D eigenvalue weighted by molar-refractivity contribution is 7.89. The Morgan fingerprint density at radius 2 is 1.75 bits per heavy atom. The molecule has 2 aliphatic heterocycles. The first-order chi connectivity index (χ1) is 11.4. The van der Waals surface area contributed by atoms with E-state index < -0.39 is 21.9 Å².